The van der Waals surface area contributed by atoms with Gasteiger partial charge in [-0.15, -0.1) is 0 Å². The molecule has 1 nitrogen and oxygen atoms in total. The number of hydrogen-bond donors (Lipinski definition) is 0. The largest absolute Gasteiger partial charge is 0.468 e. The lowest BCUT2D eigenvalue weighted by Crippen LogP contribution is -1.95. The first-order valence-electron chi connectivity index (χ1n) is 5.09. The number of halogens is 2. The van der Waals surface area contributed by atoms with Crippen molar-refractivity contribution >= 4 is 27.5 Å². The Morgan fingerprint density at radius 1 is 1.38 bits per heavy atom. The normalized spacial score (nSPS) is 12.7. The summed E-state index contributed by atoms with van der Waals surface area (Å²) in [6, 6.07) is 9.87. The van der Waals surface area contributed by atoms with Crippen LogP contribution in [-0.4, -0.2) is 0 Å². The lowest BCUT2D eigenvalue weighted by atomic mass is 10.1. The van der Waals surface area contributed by atoms with E-state index in [1.807, 2.05) is 31.2 Å². The van der Waals surface area contributed by atoms with Gasteiger partial charge in [-0.05, 0) is 42.7 Å². The van der Waals surface area contributed by atoms with Gasteiger partial charge in [-0.2, -0.15) is 0 Å². The van der Waals surface area contributed by atoms with Crippen LogP contribution in [-0.2, 0) is 6.42 Å². The molecule has 0 aliphatic rings. The molecule has 1 aromatic carbocycles. The summed E-state index contributed by atoms with van der Waals surface area (Å²) in [4.78, 5) is 0.195. The molecule has 2 rings (SSSR count). The first kappa shape index (κ1) is 11.7. The maximum atomic E-state index is 5.95. The highest BCUT2D eigenvalue weighted by Gasteiger charge is 2.14. The van der Waals surface area contributed by atoms with Gasteiger partial charge in [-0.3, -0.25) is 0 Å². The summed E-state index contributed by atoms with van der Waals surface area (Å²) in [5, 5.41) is 0.772. The molecule has 1 heterocycles. The monoisotopic (exact) mass is 298 g/mol. The van der Waals surface area contributed by atoms with Crippen molar-refractivity contribution in [2.45, 2.75) is 18.2 Å². The molecule has 0 aliphatic carbocycles. The van der Waals surface area contributed by atoms with Gasteiger partial charge in [0.2, 0.25) is 0 Å². The second-order valence-electron chi connectivity index (χ2n) is 3.77. The average Bonchev–Trinajstić information content (AvgIpc) is 2.64. The zero-order valence-corrected chi connectivity index (χ0v) is 11.3. The van der Waals surface area contributed by atoms with Gasteiger partial charge in [0.05, 0.1) is 11.1 Å². The summed E-state index contributed by atoms with van der Waals surface area (Å²) in [5.41, 5.74) is 2.37. The summed E-state index contributed by atoms with van der Waals surface area (Å²) in [7, 11) is 0. The Bertz CT molecular complexity index is 478. The second kappa shape index (κ2) is 5.07. The maximum absolute atomic E-state index is 5.95. The van der Waals surface area contributed by atoms with E-state index < -0.39 is 0 Å². The van der Waals surface area contributed by atoms with E-state index in [-0.39, 0.29) is 4.83 Å². The van der Waals surface area contributed by atoms with Gasteiger partial charge in [-0.1, -0.05) is 39.7 Å². The second-order valence-corrected chi connectivity index (χ2v) is 5.31. The number of rotatable bonds is 3. The third-order valence-electron chi connectivity index (χ3n) is 2.49. The van der Waals surface area contributed by atoms with E-state index in [9.17, 15) is 0 Å². The van der Waals surface area contributed by atoms with E-state index in [2.05, 4.69) is 22.0 Å². The molecule has 0 fully saturated rings. The van der Waals surface area contributed by atoms with Gasteiger partial charge >= 0.3 is 0 Å². The molecular weight excluding hydrogens is 287 g/mol. The highest BCUT2D eigenvalue weighted by Crippen LogP contribution is 2.30. The van der Waals surface area contributed by atoms with E-state index in [1.165, 1.54) is 11.1 Å². The molecule has 3 heteroatoms. The van der Waals surface area contributed by atoms with Crippen molar-refractivity contribution in [2.75, 3.05) is 0 Å². The van der Waals surface area contributed by atoms with Gasteiger partial charge in [0.15, 0.2) is 0 Å². The Kier molecular flexibility index (Phi) is 3.72. The van der Waals surface area contributed by atoms with Gasteiger partial charge in [0.25, 0.3) is 0 Å². The summed E-state index contributed by atoms with van der Waals surface area (Å²) in [6.07, 6.45) is 2.59. The highest BCUT2D eigenvalue weighted by molar-refractivity contribution is 9.09. The molecule has 0 aliphatic heterocycles. The predicted octanol–water partition coefficient (Wildman–Crippen LogP) is 4.92. The molecule has 1 aromatic heterocycles. The molecule has 1 unspecified atom stereocenters. The summed E-state index contributed by atoms with van der Waals surface area (Å²) in [5.74, 6) is 0.986. The summed E-state index contributed by atoms with van der Waals surface area (Å²) < 4.78 is 5.45. The Morgan fingerprint density at radius 2 is 2.19 bits per heavy atom. The first-order chi connectivity index (χ1) is 7.66. The van der Waals surface area contributed by atoms with Gasteiger partial charge < -0.3 is 4.42 Å². The molecule has 0 N–H and O–H groups in total. The lowest BCUT2D eigenvalue weighted by molar-refractivity contribution is 0.504. The highest BCUT2D eigenvalue weighted by atomic mass is 79.9. The third-order valence-corrected chi connectivity index (χ3v) is 3.46. The smallest absolute Gasteiger partial charge is 0.120 e. The van der Waals surface area contributed by atoms with Crippen LogP contribution in [0.3, 0.4) is 0 Å². The van der Waals surface area contributed by atoms with Gasteiger partial charge in [0.1, 0.15) is 5.76 Å². The minimum Gasteiger partial charge on any atom is -0.468 e. The molecule has 0 bridgehead atoms. The number of furan rings is 1. The molecule has 16 heavy (non-hydrogen) atoms. The number of aryl methyl sites for hydroxylation is 1. The Labute approximate surface area is 109 Å². The molecule has 0 saturated heterocycles. The van der Waals surface area contributed by atoms with Crippen molar-refractivity contribution in [2.24, 2.45) is 0 Å². The van der Waals surface area contributed by atoms with Crippen molar-refractivity contribution < 1.29 is 4.42 Å². The first-order valence-corrected chi connectivity index (χ1v) is 6.38. The topological polar surface area (TPSA) is 13.1 Å². The van der Waals surface area contributed by atoms with Crippen LogP contribution in [0.4, 0.5) is 0 Å². The van der Waals surface area contributed by atoms with Crippen LogP contribution in [0.15, 0.2) is 41.0 Å². The van der Waals surface area contributed by atoms with Crippen molar-refractivity contribution in [1.82, 2.24) is 0 Å². The minimum absolute atomic E-state index is 0.195. The SMILES string of the molecule is Cc1ccoc1C(Br)Cc1cccc(Cl)c1. The van der Waals surface area contributed by atoms with E-state index in [0.717, 1.165) is 17.2 Å². The fraction of sp³-hybridized carbons (Fsp3) is 0.231. The van der Waals surface area contributed by atoms with E-state index in [4.69, 9.17) is 16.0 Å². The molecule has 2 aromatic rings. The number of hydrogen-bond acceptors (Lipinski definition) is 1. The fourth-order valence-corrected chi connectivity index (χ4v) is 2.72. The zero-order chi connectivity index (χ0) is 11.5. The summed E-state index contributed by atoms with van der Waals surface area (Å²) in [6.45, 7) is 2.05. The Morgan fingerprint density at radius 3 is 2.81 bits per heavy atom. The molecule has 0 spiro atoms. The quantitative estimate of drug-likeness (QED) is 0.733. The maximum Gasteiger partial charge on any atom is 0.120 e. The minimum atomic E-state index is 0.195. The third kappa shape index (κ3) is 2.69. The van der Waals surface area contributed by atoms with Gasteiger partial charge in [-0.25, -0.2) is 0 Å². The van der Waals surface area contributed by atoms with Crippen LogP contribution >= 0.6 is 27.5 Å². The van der Waals surface area contributed by atoms with Crippen LogP contribution in [0.25, 0.3) is 0 Å². The van der Waals surface area contributed by atoms with E-state index in [0.29, 0.717) is 0 Å². The Balaban J connectivity index is 2.14. The van der Waals surface area contributed by atoms with Crippen molar-refractivity contribution in [3.05, 3.63) is 58.5 Å². The van der Waals surface area contributed by atoms with Crippen LogP contribution < -0.4 is 0 Å². The van der Waals surface area contributed by atoms with Crippen molar-refractivity contribution in [3.8, 4) is 0 Å². The fourth-order valence-electron chi connectivity index (χ4n) is 1.67. The molecule has 0 saturated carbocycles. The van der Waals surface area contributed by atoms with E-state index >= 15 is 0 Å². The van der Waals surface area contributed by atoms with E-state index in [1.54, 1.807) is 6.26 Å². The predicted molar refractivity (Wildman–Crippen MR) is 70.3 cm³/mol. The molecular formula is C13H12BrClO. The summed E-state index contributed by atoms with van der Waals surface area (Å²) >= 11 is 9.59. The van der Waals surface area contributed by atoms with Crippen LogP contribution in [0, 0.1) is 6.92 Å². The molecule has 84 valence electrons. The number of alkyl halides is 1. The van der Waals surface area contributed by atoms with Crippen molar-refractivity contribution in [1.29, 1.82) is 0 Å². The van der Waals surface area contributed by atoms with Crippen LogP contribution in [0.2, 0.25) is 5.02 Å². The zero-order valence-electron chi connectivity index (χ0n) is 8.91. The Hall–Kier alpha value is -0.730. The standard InChI is InChI=1S/C13H12BrClO/c1-9-5-6-16-13(9)12(14)8-10-3-2-4-11(15)7-10/h2-7,12H,8H2,1H3. The van der Waals surface area contributed by atoms with Crippen molar-refractivity contribution in [3.63, 3.8) is 0 Å². The lowest BCUT2D eigenvalue weighted by Gasteiger charge is -2.08. The number of benzene rings is 1. The average molecular weight is 300 g/mol. The molecule has 0 amide bonds. The van der Waals surface area contributed by atoms with Crippen LogP contribution in [0.1, 0.15) is 21.7 Å². The molecule has 0 radical (unpaired) electrons. The van der Waals surface area contributed by atoms with Crippen LogP contribution in [0.5, 0.6) is 0 Å². The van der Waals surface area contributed by atoms with Gasteiger partial charge in [0, 0.05) is 5.02 Å². The molecule has 1 atom stereocenters.